The lowest BCUT2D eigenvalue weighted by Gasteiger charge is -2.20. The molecule has 1 aliphatic rings. The van der Waals surface area contributed by atoms with E-state index in [2.05, 4.69) is 49.1 Å². The Morgan fingerprint density at radius 1 is 1.29 bits per heavy atom. The summed E-state index contributed by atoms with van der Waals surface area (Å²) in [5, 5.41) is 7.53. The van der Waals surface area contributed by atoms with Crippen molar-refractivity contribution in [1.82, 2.24) is 15.4 Å². The van der Waals surface area contributed by atoms with Crippen molar-refractivity contribution in [2.75, 3.05) is 13.1 Å². The molecule has 0 spiro atoms. The van der Waals surface area contributed by atoms with Gasteiger partial charge in [0.1, 0.15) is 0 Å². The van der Waals surface area contributed by atoms with Gasteiger partial charge in [-0.3, -0.25) is 4.90 Å². The molecule has 1 fully saturated rings. The minimum Gasteiger partial charge on any atom is -0.360 e. The normalized spacial score (nSPS) is 21.1. The Balaban J connectivity index is 1.81. The second-order valence-corrected chi connectivity index (χ2v) is 7.03. The second-order valence-electron chi connectivity index (χ2n) is 7.03. The van der Waals surface area contributed by atoms with Gasteiger partial charge in [0.05, 0.1) is 12.2 Å². The number of hydrogen-bond donors (Lipinski definition) is 1. The summed E-state index contributed by atoms with van der Waals surface area (Å²) in [4.78, 5) is 2.52. The van der Waals surface area contributed by atoms with Crippen molar-refractivity contribution < 1.29 is 4.52 Å². The first-order valence-electron chi connectivity index (χ1n) is 8.44. The van der Waals surface area contributed by atoms with Gasteiger partial charge in [0.15, 0.2) is 5.76 Å². The van der Waals surface area contributed by atoms with Gasteiger partial charge in [-0.15, -0.1) is 0 Å². The summed E-state index contributed by atoms with van der Waals surface area (Å²) in [5.41, 5.74) is 1.01. The maximum Gasteiger partial charge on any atom is 0.151 e. The molecule has 2 rings (SSSR count). The molecular formula is C17H31N3O. The minimum absolute atomic E-state index is 0.476. The van der Waals surface area contributed by atoms with Gasteiger partial charge in [0.25, 0.3) is 0 Å². The van der Waals surface area contributed by atoms with Gasteiger partial charge in [-0.05, 0) is 44.2 Å². The fourth-order valence-corrected chi connectivity index (χ4v) is 3.05. The van der Waals surface area contributed by atoms with Crippen molar-refractivity contribution in [3.63, 3.8) is 0 Å². The van der Waals surface area contributed by atoms with E-state index in [4.69, 9.17) is 4.52 Å². The molecule has 0 aliphatic carbocycles. The molecule has 0 radical (unpaired) electrons. The molecule has 1 N–H and O–H groups in total. The Hall–Kier alpha value is -0.870. The van der Waals surface area contributed by atoms with Crippen LogP contribution in [0.3, 0.4) is 0 Å². The van der Waals surface area contributed by atoms with Crippen LogP contribution in [0.2, 0.25) is 0 Å². The lowest BCUT2D eigenvalue weighted by molar-refractivity contribution is 0.231. The van der Waals surface area contributed by atoms with E-state index in [1.807, 2.05) is 0 Å². The molecule has 4 nitrogen and oxygen atoms in total. The summed E-state index contributed by atoms with van der Waals surface area (Å²) in [7, 11) is 0. The Labute approximate surface area is 129 Å². The van der Waals surface area contributed by atoms with Crippen LogP contribution >= 0.6 is 0 Å². The minimum atomic E-state index is 0.476. The Morgan fingerprint density at radius 3 is 2.81 bits per heavy atom. The zero-order valence-corrected chi connectivity index (χ0v) is 14.1. The summed E-state index contributed by atoms with van der Waals surface area (Å²) in [6.07, 6.45) is 3.99. The lowest BCUT2D eigenvalue weighted by Crippen LogP contribution is -2.24. The van der Waals surface area contributed by atoms with Crippen molar-refractivity contribution in [2.24, 2.45) is 11.8 Å². The molecule has 0 bridgehead atoms. The molecule has 1 aromatic rings. The highest BCUT2D eigenvalue weighted by Gasteiger charge is 2.20. The lowest BCUT2D eigenvalue weighted by atomic mass is 9.89. The standard InChI is InChI=1S/C17H31N3O/c1-13(2)15-6-5-8-20(9-7-15)12-17-10-16(19-21-17)11-18-14(3)4/h10,13-15,18H,5-9,11-12H2,1-4H3. The molecule has 0 amide bonds. The number of hydrogen-bond acceptors (Lipinski definition) is 4. The van der Waals surface area contributed by atoms with Crippen LogP contribution in [0, 0.1) is 11.8 Å². The van der Waals surface area contributed by atoms with Crippen molar-refractivity contribution >= 4 is 0 Å². The largest absolute Gasteiger partial charge is 0.360 e. The first kappa shape index (κ1) is 16.5. The van der Waals surface area contributed by atoms with Crippen LogP contribution in [-0.2, 0) is 13.1 Å². The van der Waals surface area contributed by atoms with E-state index in [1.165, 1.54) is 32.4 Å². The number of nitrogens with one attached hydrogen (secondary N) is 1. The first-order chi connectivity index (χ1) is 10.0. The third kappa shape index (κ3) is 5.44. The van der Waals surface area contributed by atoms with Crippen LogP contribution < -0.4 is 5.32 Å². The summed E-state index contributed by atoms with van der Waals surface area (Å²) in [6.45, 7) is 13.0. The summed E-state index contributed by atoms with van der Waals surface area (Å²) in [6, 6.07) is 2.57. The van der Waals surface area contributed by atoms with E-state index in [-0.39, 0.29) is 0 Å². The predicted molar refractivity (Wildman–Crippen MR) is 85.9 cm³/mol. The molecule has 4 heteroatoms. The maximum atomic E-state index is 5.48. The van der Waals surface area contributed by atoms with Crippen LogP contribution in [0.4, 0.5) is 0 Å². The Bertz CT molecular complexity index is 414. The molecule has 1 atom stereocenters. The molecule has 1 saturated heterocycles. The number of nitrogens with zero attached hydrogens (tertiary/aromatic N) is 2. The highest BCUT2D eigenvalue weighted by atomic mass is 16.5. The SMILES string of the molecule is CC(C)NCc1cc(CN2CCCC(C(C)C)CC2)on1. The predicted octanol–water partition coefficient (Wildman–Crippen LogP) is 3.43. The van der Waals surface area contributed by atoms with Crippen LogP contribution in [0.1, 0.15) is 58.4 Å². The summed E-state index contributed by atoms with van der Waals surface area (Å²) >= 11 is 0. The zero-order chi connectivity index (χ0) is 15.2. The Morgan fingerprint density at radius 2 is 2.10 bits per heavy atom. The molecule has 120 valence electrons. The van der Waals surface area contributed by atoms with Crippen molar-refractivity contribution in [1.29, 1.82) is 0 Å². The zero-order valence-electron chi connectivity index (χ0n) is 14.1. The smallest absolute Gasteiger partial charge is 0.151 e. The van der Waals surface area contributed by atoms with E-state index in [0.717, 1.165) is 36.4 Å². The summed E-state index contributed by atoms with van der Waals surface area (Å²) < 4.78 is 5.48. The van der Waals surface area contributed by atoms with Gasteiger partial charge in [0.2, 0.25) is 0 Å². The van der Waals surface area contributed by atoms with Gasteiger partial charge >= 0.3 is 0 Å². The van der Waals surface area contributed by atoms with Crippen molar-refractivity contribution in [3.8, 4) is 0 Å². The molecule has 1 aromatic heterocycles. The molecule has 0 saturated carbocycles. The fraction of sp³-hybridized carbons (Fsp3) is 0.824. The van der Waals surface area contributed by atoms with Gasteiger partial charge in [-0.1, -0.05) is 32.9 Å². The monoisotopic (exact) mass is 293 g/mol. The molecule has 21 heavy (non-hydrogen) atoms. The van der Waals surface area contributed by atoms with Crippen LogP contribution in [0.15, 0.2) is 10.6 Å². The van der Waals surface area contributed by atoms with Gasteiger partial charge in [-0.2, -0.15) is 0 Å². The highest BCUT2D eigenvalue weighted by molar-refractivity contribution is 5.05. The van der Waals surface area contributed by atoms with Crippen LogP contribution in [-0.4, -0.2) is 29.2 Å². The van der Waals surface area contributed by atoms with E-state index < -0.39 is 0 Å². The number of aromatic nitrogens is 1. The highest BCUT2D eigenvalue weighted by Crippen LogP contribution is 2.25. The van der Waals surface area contributed by atoms with Gasteiger partial charge < -0.3 is 9.84 Å². The van der Waals surface area contributed by atoms with E-state index >= 15 is 0 Å². The van der Waals surface area contributed by atoms with E-state index in [0.29, 0.717) is 6.04 Å². The Kier molecular flexibility index (Phi) is 6.24. The second kappa shape index (κ2) is 7.95. The quantitative estimate of drug-likeness (QED) is 0.872. The summed E-state index contributed by atoms with van der Waals surface area (Å²) in [5.74, 6) is 2.69. The van der Waals surface area contributed by atoms with Crippen LogP contribution in [0.5, 0.6) is 0 Å². The van der Waals surface area contributed by atoms with E-state index in [9.17, 15) is 0 Å². The fourth-order valence-electron chi connectivity index (χ4n) is 3.05. The number of likely N-dealkylation sites (tertiary alicyclic amines) is 1. The molecule has 1 aliphatic heterocycles. The molecular weight excluding hydrogens is 262 g/mol. The first-order valence-corrected chi connectivity index (χ1v) is 8.44. The number of rotatable bonds is 6. The molecule has 1 unspecified atom stereocenters. The molecule has 2 heterocycles. The molecule has 0 aromatic carbocycles. The average Bonchev–Trinajstić information content (AvgIpc) is 2.73. The van der Waals surface area contributed by atoms with Crippen molar-refractivity contribution in [3.05, 3.63) is 17.5 Å². The maximum absolute atomic E-state index is 5.48. The average molecular weight is 293 g/mol. The van der Waals surface area contributed by atoms with Gasteiger partial charge in [-0.25, -0.2) is 0 Å². The third-order valence-electron chi connectivity index (χ3n) is 4.49. The topological polar surface area (TPSA) is 41.3 Å². The van der Waals surface area contributed by atoms with Crippen LogP contribution in [0.25, 0.3) is 0 Å². The van der Waals surface area contributed by atoms with Crippen molar-refractivity contribution in [2.45, 2.75) is 66.1 Å². The third-order valence-corrected chi connectivity index (χ3v) is 4.49. The van der Waals surface area contributed by atoms with E-state index in [1.54, 1.807) is 0 Å². The van der Waals surface area contributed by atoms with Gasteiger partial charge in [0, 0.05) is 18.7 Å².